The van der Waals surface area contributed by atoms with Crippen LogP contribution >= 0.6 is 7.60 Å². The van der Waals surface area contributed by atoms with Crippen LogP contribution in [0.25, 0.3) is 0 Å². The maximum absolute atomic E-state index is 12.5. The molecule has 9 nitrogen and oxygen atoms in total. The number of nitrogens with one attached hydrogen (secondary N) is 1. The van der Waals surface area contributed by atoms with Gasteiger partial charge in [-0.05, 0) is 38.5 Å². The fourth-order valence-corrected chi connectivity index (χ4v) is 4.35. The Morgan fingerprint density at radius 3 is 2.11 bits per heavy atom. The first kappa shape index (κ1) is 25.9. The summed E-state index contributed by atoms with van der Waals surface area (Å²) in [5.74, 6) is 0.118. The summed E-state index contributed by atoms with van der Waals surface area (Å²) in [6.07, 6.45) is -0.0976. The standard InChI is InChI=1S/C18H38NO8P/c1-17(2,3)13-11-14(16(24-15(13)12-20)25-18(4,5)6)19-9-10-28(21,26-22-7)27-23-8/h13-16,19-20H,9-12H2,1-8H3. The van der Waals surface area contributed by atoms with Crippen molar-refractivity contribution in [2.24, 2.45) is 11.3 Å². The monoisotopic (exact) mass is 427 g/mol. The van der Waals surface area contributed by atoms with Gasteiger partial charge in [-0.2, -0.15) is 0 Å². The molecule has 10 heteroatoms. The summed E-state index contributed by atoms with van der Waals surface area (Å²) < 4.78 is 34.2. The number of aliphatic hydroxyl groups is 1. The Hall–Kier alpha value is -0.0900. The number of ether oxygens (including phenoxy) is 2. The molecule has 0 amide bonds. The number of aliphatic hydroxyl groups excluding tert-OH is 1. The zero-order chi connectivity index (χ0) is 21.6. The van der Waals surface area contributed by atoms with E-state index in [-0.39, 0.29) is 36.2 Å². The van der Waals surface area contributed by atoms with Crippen LogP contribution in [0.5, 0.6) is 0 Å². The normalized spacial score (nSPS) is 27.2. The van der Waals surface area contributed by atoms with Crippen molar-refractivity contribution in [1.82, 2.24) is 5.32 Å². The topological polar surface area (TPSA) is 105 Å². The van der Waals surface area contributed by atoms with Gasteiger partial charge in [-0.3, -0.25) is 4.57 Å². The average molecular weight is 427 g/mol. The van der Waals surface area contributed by atoms with E-state index >= 15 is 0 Å². The fraction of sp³-hybridized carbons (Fsp3) is 1.00. The molecule has 1 aliphatic rings. The van der Waals surface area contributed by atoms with Gasteiger partial charge in [-0.15, -0.1) is 9.35 Å². The van der Waals surface area contributed by atoms with E-state index in [1.165, 1.54) is 14.2 Å². The Balaban J connectivity index is 2.87. The molecule has 1 saturated heterocycles. The van der Waals surface area contributed by atoms with Gasteiger partial charge in [0.15, 0.2) is 6.29 Å². The van der Waals surface area contributed by atoms with Crippen LogP contribution in [0, 0.1) is 11.3 Å². The third-order valence-corrected chi connectivity index (χ3v) is 6.05. The second kappa shape index (κ2) is 10.8. The van der Waals surface area contributed by atoms with E-state index in [2.05, 4.69) is 35.9 Å². The molecule has 1 aliphatic heterocycles. The summed E-state index contributed by atoms with van der Waals surface area (Å²) in [5, 5.41) is 13.2. The highest BCUT2D eigenvalue weighted by atomic mass is 31.2. The van der Waals surface area contributed by atoms with Crippen LogP contribution < -0.4 is 5.32 Å². The quantitative estimate of drug-likeness (QED) is 0.309. The van der Waals surface area contributed by atoms with Crippen LogP contribution in [0.4, 0.5) is 0 Å². The molecule has 1 rings (SSSR count). The van der Waals surface area contributed by atoms with Gasteiger partial charge in [0.25, 0.3) is 0 Å². The van der Waals surface area contributed by atoms with Crippen molar-refractivity contribution in [2.75, 3.05) is 33.5 Å². The van der Waals surface area contributed by atoms with Crippen molar-refractivity contribution < 1.29 is 38.3 Å². The molecule has 0 saturated carbocycles. The zero-order valence-electron chi connectivity index (χ0n) is 18.4. The molecule has 0 radical (unpaired) electrons. The number of hydrogen-bond donors (Lipinski definition) is 2. The van der Waals surface area contributed by atoms with Crippen LogP contribution in [0.1, 0.15) is 48.0 Å². The van der Waals surface area contributed by atoms with Crippen LogP contribution in [0.15, 0.2) is 0 Å². The summed E-state index contributed by atoms with van der Waals surface area (Å²) in [6, 6.07) is -0.162. The molecule has 4 atom stereocenters. The van der Waals surface area contributed by atoms with E-state index in [9.17, 15) is 9.67 Å². The second-order valence-electron chi connectivity index (χ2n) is 9.04. The van der Waals surface area contributed by atoms with E-state index in [1.807, 2.05) is 20.8 Å². The third kappa shape index (κ3) is 8.34. The predicted octanol–water partition coefficient (Wildman–Crippen LogP) is 2.88. The fourth-order valence-electron chi connectivity index (χ4n) is 3.32. The lowest BCUT2D eigenvalue weighted by Gasteiger charge is -2.47. The number of rotatable bonds is 10. The Labute approximate surface area is 168 Å². The van der Waals surface area contributed by atoms with Crippen LogP contribution in [-0.4, -0.2) is 62.7 Å². The van der Waals surface area contributed by atoms with Gasteiger partial charge in [0.05, 0.1) is 44.7 Å². The molecule has 1 heterocycles. The molecule has 4 unspecified atom stereocenters. The van der Waals surface area contributed by atoms with Crippen LogP contribution in [0.2, 0.25) is 0 Å². The van der Waals surface area contributed by atoms with E-state index < -0.39 is 19.5 Å². The molecule has 1 fully saturated rings. The zero-order valence-corrected chi connectivity index (χ0v) is 19.3. The minimum absolute atomic E-state index is 0.0387. The summed E-state index contributed by atoms with van der Waals surface area (Å²) in [4.78, 5) is 9.01. The molecular formula is C18H38NO8P. The lowest BCUT2D eigenvalue weighted by Crippen LogP contribution is -2.57. The van der Waals surface area contributed by atoms with Crippen molar-refractivity contribution >= 4 is 7.60 Å². The van der Waals surface area contributed by atoms with Gasteiger partial charge >= 0.3 is 7.60 Å². The van der Waals surface area contributed by atoms with E-state index in [0.29, 0.717) is 6.54 Å². The molecule has 0 spiro atoms. The molecule has 168 valence electrons. The molecule has 28 heavy (non-hydrogen) atoms. The summed E-state index contributed by atoms with van der Waals surface area (Å²) in [6.45, 7) is 12.5. The molecule has 0 aromatic carbocycles. The lowest BCUT2D eigenvalue weighted by atomic mass is 9.72. The van der Waals surface area contributed by atoms with Gasteiger partial charge < -0.3 is 19.9 Å². The van der Waals surface area contributed by atoms with Crippen molar-refractivity contribution in [3.8, 4) is 0 Å². The van der Waals surface area contributed by atoms with Gasteiger partial charge in [0.1, 0.15) is 0 Å². The van der Waals surface area contributed by atoms with Gasteiger partial charge in [0.2, 0.25) is 0 Å². The smallest absolute Gasteiger partial charge is 0.385 e. The minimum Gasteiger partial charge on any atom is -0.394 e. The van der Waals surface area contributed by atoms with Gasteiger partial charge in [-0.1, -0.05) is 20.8 Å². The molecule has 0 aromatic rings. The highest BCUT2D eigenvalue weighted by molar-refractivity contribution is 7.53. The van der Waals surface area contributed by atoms with E-state index in [1.54, 1.807) is 0 Å². The first-order valence-corrected chi connectivity index (χ1v) is 11.3. The first-order chi connectivity index (χ1) is 12.8. The highest BCUT2D eigenvalue weighted by Gasteiger charge is 2.44. The SMILES string of the molecule is COOP(=O)(CCNC1CC(C(C)(C)C)C(CO)OC1OC(C)(C)C)OOC. The Morgan fingerprint density at radius 2 is 1.68 bits per heavy atom. The second-order valence-corrected chi connectivity index (χ2v) is 11.0. The molecule has 0 bridgehead atoms. The molecule has 0 aliphatic carbocycles. The van der Waals surface area contributed by atoms with E-state index in [4.69, 9.17) is 18.8 Å². The largest absolute Gasteiger partial charge is 0.394 e. The Bertz CT molecular complexity index is 495. The molecule has 2 N–H and O–H groups in total. The van der Waals surface area contributed by atoms with Crippen molar-refractivity contribution in [3.05, 3.63) is 0 Å². The van der Waals surface area contributed by atoms with Gasteiger partial charge in [0, 0.05) is 6.54 Å². The lowest BCUT2D eigenvalue weighted by molar-refractivity contribution is -0.270. The maximum Gasteiger partial charge on any atom is 0.385 e. The Kier molecular flexibility index (Phi) is 10.0. The van der Waals surface area contributed by atoms with Crippen LogP contribution in [0.3, 0.4) is 0 Å². The molecule has 0 aromatic heterocycles. The van der Waals surface area contributed by atoms with Crippen molar-refractivity contribution in [2.45, 2.75) is 72.0 Å². The predicted molar refractivity (Wildman–Crippen MR) is 105 cm³/mol. The van der Waals surface area contributed by atoms with Gasteiger partial charge in [-0.25, -0.2) is 9.78 Å². The Morgan fingerprint density at radius 1 is 1.11 bits per heavy atom. The van der Waals surface area contributed by atoms with Crippen molar-refractivity contribution in [1.29, 1.82) is 0 Å². The highest BCUT2D eigenvalue weighted by Crippen LogP contribution is 2.48. The van der Waals surface area contributed by atoms with E-state index in [0.717, 1.165) is 6.42 Å². The summed E-state index contributed by atoms with van der Waals surface area (Å²) >= 11 is 0. The molecular weight excluding hydrogens is 389 g/mol. The summed E-state index contributed by atoms with van der Waals surface area (Å²) in [7, 11) is -1.03. The van der Waals surface area contributed by atoms with Crippen LogP contribution in [-0.2, 0) is 33.2 Å². The average Bonchev–Trinajstić information content (AvgIpc) is 2.53. The maximum atomic E-state index is 12.5. The number of hydrogen-bond acceptors (Lipinski definition) is 9. The summed E-state index contributed by atoms with van der Waals surface area (Å²) in [5.41, 5.74) is -0.486. The third-order valence-electron chi connectivity index (χ3n) is 4.52. The minimum atomic E-state index is -3.54. The first-order valence-electron chi connectivity index (χ1n) is 9.56. The van der Waals surface area contributed by atoms with Crippen molar-refractivity contribution in [3.63, 3.8) is 0 Å².